The molecule has 0 bridgehead atoms. The average molecular weight is 478 g/mol. The third-order valence-electron chi connectivity index (χ3n) is 6.10. The topological polar surface area (TPSA) is 81.5 Å². The Morgan fingerprint density at radius 2 is 1.71 bits per heavy atom. The monoisotopic (exact) mass is 477 g/mol. The lowest BCUT2D eigenvalue weighted by Crippen LogP contribution is -2.39. The number of para-hydroxylation sites is 1. The summed E-state index contributed by atoms with van der Waals surface area (Å²) in [6, 6.07) is 14.7. The Labute approximate surface area is 206 Å². The summed E-state index contributed by atoms with van der Waals surface area (Å²) in [6.07, 6.45) is 2.29. The summed E-state index contributed by atoms with van der Waals surface area (Å²) in [5, 5.41) is 0.529. The van der Waals surface area contributed by atoms with Gasteiger partial charge in [0.15, 0.2) is 0 Å². The van der Waals surface area contributed by atoms with E-state index in [0.717, 1.165) is 12.8 Å². The van der Waals surface area contributed by atoms with E-state index < -0.39 is 6.04 Å². The van der Waals surface area contributed by atoms with Crippen molar-refractivity contribution in [3.8, 4) is 5.69 Å². The maximum absolute atomic E-state index is 13.7. The van der Waals surface area contributed by atoms with Crippen LogP contribution < -0.4 is 5.56 Å². The highest BCUT2D eigenvalue weighted by atomic mass is 16.5. The van der Waals surface area contributed by atoms with Gasteiger partial charge in [0.05, 0.1) is 35.7 Å². The van der Waals surface area contributed by atoms with E-state index in [2.05, 4.69) is 6.92 Å². The second-order valence-electron chi connectivity index (χ2n) is 8.46. The Kier molecular flexibility index (Phi) is 9.18. The smallest absolute Gasteiger partial charge is 0.306 e. The summed E-state index contributed by atoms with van der Waals surface area (Å²) in [5.41, 5.74) is 2.33. The molecule has 3 aromatic rings. The van der Waals surface area contributed by atoms with Crippen LogP contribution in [0.2, 0.25) is 0 Å². The van der Waals surface area contributed by atoms with E-state index in [1.807, 2.05) is 56.3 Å². The van der Waals surface area contributed by atoms with Gasteiger partial charge in [-0.2, -0.15) is 0 Å². The zero-order valence-electron chi connectivity index (χ0n) is 21.1. The van der Waals surface area contributed by atoms with Gasteiger partial charge >= 0.3 is 5.97 Å². The van der Waals surface area contributed by atoms with Crippen molar-refractivity contribution in [1.29, 1.82) is 0 Å². The van der Waals surface area contributed by atoms with Crippen LogP contribution in [-0.4, -0.2) is 39.5 Å². The standard InChI is InChI=1S/C28H35N3O4/c1-5-19-30(25(32)17-18-26(33)35-8-4)24(7-3)27-29-23-12-10-9-11-22(23)28(34)31(27)21-15-13-20(6-2)14-16-21/h9-16,24H,5-8,17-19H2,1-4H3. The van der Waals surface area contributed by atoms with Crippen LogP contribution in [0.1, 0.15) is 70.8 Å². The molecular formula is C28H35N3O4. The van der Waals surface area contributed by atoms with Gasteiger partial charge in [0.2, 0.25) is 5.91 Å². The maximum Gasteiger partial charge on any atom is 0.306 e. The molecule has 0 spiro atoms. The van der Waals surface area contributed by atoms with Crippen LogP contribution in [0.15, 0.2) is 53.3 Å². The molecule has 0 aliphatic heterocycles. The van der Waals surface area contributed by atoms with Gasteiger partial charge in [0.1, 0.15) is 5.82 Å². The highest BCUT2D eigenvalue weighted by Crippen LogP contribution is 2.27. The fourth-order valence-corrected chi connectivity index (χ4v) is 4.33. The van der Waals surface area contributed by atoms with Crippen molar-refractivity contribution in [3.05, 3.63) is 70.3 Å². The number of ether oxygens (including phenoxy) is 1. The minimum absolute atomic E-state index is 0.0275. The molecule has 0 saturated carbocycles. The van der Waals surface area contributed by atoms with E-state index in [9.17, 15) is 14.4 Å². The normalized spacial score (nSPS) is 11.9. The molecule has 35 heavy (non-hydrogen) atoms. The number of aryl methyl sites for hydroxylation is 1. The van der Waals surface area contributed by atoms with Gasteiger partial charge in [-0.15, -0.1) is 0 Å². The first kappa shape index (κ1) is 26.1. The van der Waals surface area contributed by atoms with Crippen molar-refractivity contribution >= 4 is 22.8 Å². The summed E-state index contributed by atoms with van der Waals surface area (Å²) >= 11 is 0. The van der Waals surface area contributed by atoms with Gasteiger partial charge < -0.3 is 9.64 Å². The molecule has 0 fully saturated rings. The van der Waals surface area contributed by atoms with E-state index >= 15 is 0 Å². The largest absolute Gasteiger partial charge is 0.466 e. The lowest BCUT2D eigenvalue weighted by Gasteiger charge is -2.32. The first-order valence-corrected chi connectivity index (χ1v) is 12.5. The molecule has 1 atom stereocenters. The molecule has 0 aliphatic carbocycles. The van der Waals surface area contributed by atoms with Crippen molar-refractivity contribution in [2.24, 2.45) is 0 Å². The third-order valence-corrected chi connectivity index (χ3v) is 6.10. The minimum Gasteiger partial charge on any atom is -0.466 e. The van der Waals surface area contributed by atoms with Crippen LogP contribution in [0.4, 0.5) is 0 Å². The second kappa shape index (κ2) is 12.3. The minimum atomic E-state index is -0.423. The van der Waals surface area contributed by atoms with E-state index in [-0.39, 0.29) is 36.9 Å². The van der Waals surface area contributed by atoms with Crippen molar-refractivity contribution in [3.63, 3.8) is 0 Å². The van der Waals surface area contributed by atoms with E-state index in [4.69, 9.17) is 9.72 Å². The lowest BCUT2D eigenvalue weighted by atomic mass is 10.1. The molecule has 2 aromatic carbocycles. The molecular weight excluding hydrogens is 442 g/mol. The summed E-state index contributed by atoms with van der Waals surface area (Å²) in [4.78, 5) is 45.6. The second-order valence-corrected chi connectivity index (χ2v) is 8.46. The molecule has 3 rings (SSSR count). The Morgan fingerprint density at radius 1 is 1.00 bits per heavy atom. The van der Waals surface area contributed by atoms with Crippen molar-refractivity contribution in [2.75, 3.05) is 13.2 Å². The van der Waals surface area contributed by atoms with Crippen molar-refractivity contribution in [1.82, 2.24) is 14.5 Å². The first-order chi connectivity index (χ1) is 16.9. The molecule has 1 aromatic heterocycles. The molecule has 0 radical (unpaired) electrons. The van der Waals surface area contributed by atoms with E-state index in [1.54, 1.807) is 22.5 Å². The Hall–Kier alpha value is -3.48. The molecule has 0 saturated heterocycles. The molecule has 1 heterocycles. The maximum atomic E-state index is 13.7. The van der Waals surface area contributed by atoms with Gasteiger partial charge in [-0.05, 0) is 56.0 Å². The number of esters is 1. The van der Waals surface area contributed by atoms with E-state index in [1.165, 1.54) is 5.56 Å². The Bertz CT molecular complexity index is 1220. The number of fused-ring (bicyclic) bond motifs is 1. The number of aromatic nitrogens is 2. The zero-order chi connectivity index (χ0) is 25.4. The molecule has 1 unspecified atom stereocenters. The highest BCUT2D eigenvalue weighted by Gasteiger charge is 2.28. The molecule has 7 nitrogen and oxygen atoms in total. The number of benzene rings is 2. The molecule has 0 aliphatic rings. The van der Waals surface area contributed by atoms with Crippen LogP contribution in [0.5, 0.6) is 0 Å². The SMILES string of the molecule is CCCN(C(=O)CCC(=O)OCC)C(CC)c1nc2ccccc2c(=O)n1-c1ccc(CC)cc1. The van der Waals surface area contributed by atoms with Gasteiger partial charge in [0.25, 0.3) is 5.56 Å². The van der Waals surface area contributed by atoms with Gasteiger partial charge in [0, 0.05) is 13.0 Å². The molecule has 186 valence electrons. The highest BCUT2D eigenvalue weighted by molar-refractivity contribution is 5.82. The van der Waals surface area contributed by atoms with E-state index in [0.29, 0.717) is 35.4 Å². The number of amides is 1. The third kappa shape index (κ3) is 5.96. The molecule has 1 amide bonds. The number of carbonyl (C=O) groups is 2. The number of rotatable bonds is 11. The first-order valence-electron chi connectivity index (χ1n) is 12.5. The molecule has 0 N–H and O–H groups in total. The van der Waals surface area contributed by atoms with Crippen LogP contribution in [0.3, 0.4) is 0 Å². The van der Waals surface area contributed by atoms with Crippen LogP contribution >= 0.6 is 0 Å². The number of hydrogen-bond donors (Lipinski definition) is 0. The summed E-state index contributed by atoms with van der Waals surface area (Å²) < 4.78 is 6.63. The number of carbonyl (C=O) groups excluding carboxylic acids is 2. The summed E-state index contributed by atoms with van der Waals surface area (Å²) in [7, 11) is 0. The summed E-state index contributed by atoms with van der Waals surface area (Å²) in [6.45, 7) is 8.60. The average Bonchev–Trinajstić information content (AvgIpc) is 2.87. The van der Waals surface area contributed by atoms with Crippen LogP contribution in [0, 0.1) is 0 Å². The predicted octanol–water partition coefficient (Wildman–Crippen LogP) is 4.98. The van der Waals surface area contributed by atoms with Crippen LogP contribution in [-0.2, 0) is 20.7 Å². The van der Waals surface area contributed by atoms with Crippen molar-refractivity contribution < 1.29 is 14.3 Å². The zero-order valence-corrected chi connectivity index (χ0v) is 21.1. The van der Waals surface area contributed by atoms with Crippen molar-refractivity contribution in [2.45, 2.75) is 65.8 Å². The van der Waals surface area contributed by atoms with Gasteiger partial charge in [-0.3, -0.25) is 19.0 Å². The van der Waals surface area contributed by atoms with Gasteiger partial charge in [-0.1, -0.05) is 45.0 Å². The van der Waals surface area contributed by atoms with Gasteiger partial charge in [-0.25, -0.2) is 4.98 Å². The fourth-order valence-electron chi connectivity index (χ4n) is 4.33. The Balaban J connectivity index is 2.13. The quantitative estimate of drug-likeness (QED) is 0.364. The number of nitrogens with zero attached hydrogens (tertiary/aromatic N) is 3. The molecule has 7 heteroatoms. The predicted molar refractivity (Wildman–Crippen MR) is 138 cm³/mol. The number of hydrogen-bond acceptors (Lipinski definition) is 5. The van der Waals surface area contributed by atoms with Crippen LogP contribution in [0.25, 0.3) is 16.6 Å². The lowest BCUT2D eigenvalue weighted by molar-refractivity contribution is -0.146. The fraction of sp³-hybridized carbons (Fsp3) is 0.429. The summed E-state index contributed by atoms with van der Waals surface area (Å²) in [5.74, 6) is -0.0116. The Morgan fingerprint density at radius 3 is 2.34 bits per heavy atom.